The lowest BCUT2D eigenvalue weighted by Crippen LogP contribution is -2.44. The highest BCUT2D eigenvalue weighted by atomic mass is 15.2. The van der Waals surface area contributed by atoms with Crippen LogP contribution in [0, 0.1) is 0 Å². The highest BCUT2D eigenvalue weighted by molar-refractivity contribution is 5.69. The smallest absolute Gasteiger partial charge is 0.0420 e. The first-order chi connectivity index (χ1) is 8.90. The maximum Gasteiger partial charge on any atom is 0.0420 e. The first-order valence-corrected chi connectivity index (χ1v) is 7.22. The minimum Gasteiger partial charge on any atom is -0.372 e. The van der Waals surface area contributed by atoms with Gasteiger partial charge >= 0.3 is 0 Å². The fourth-order valence-corrected chi connectivity index (χ4v) is 3.21. The van der Waals surface area contributed by atoms with Gasteiger partial charge in [0.1, 0.15) is 0 Å². The predicted molar refractivity (Wildman–Crippen MR) is 77.7 cm³/mol. The SMILES string of the molecule is CCN1CCCc2c1cccc2N1CCNCC1. The summed E-state index contributed by atoms with van der Waals surface area (Å²) in [7, 11) is 0. The molecule has 3 nitrogen and oxygen atoms in total. The lowest BCUT2D eigenvalue weighted by molar-refractivity contribution is 0.586. The normalized spacial score (nSPS) is 19.8. The van der Waals surface area contributed by atoms with E-state index in [1.807, 2.05) is 0 Å². The van der Waals surface area contributed by atoms with Gasteiger partial charge in [-0.05, 0) is 37.5 Å². The van der Waals surface area contributed by atoms with Gasteiger partial charge in [-0.15, -0.1) is 0 Å². The Hall–Kier alpha value is -1.22. The van der Waals surface area contributed by atoms with Crippen LogP contribution in [0.15, 0.2) is 18.2 Å². The zero-order valence-electron chi connectivity index (χ0n) is 11.3. The number of nitrogens with one attached hydrogen (secondary N) is 1. The number of nitrogens with zero attached hydrogens (tertiary/aromatic N) is 2. The molecule has 18 heavy (non-hydrogen) atoms. The summed E-state index contributed by atoms with van der Waals surface area (Å²) in [5.74, 6) is 0. The minimum absolute atomic E-state index is 1.11. The molecule has 2 heterocycles. The molecule has 3 rings (SSSR count). The molecule has 98 valence electrons. The second-order valence-corrected chi connectivity index (χ2v) is 5.20. The fourth-order valence-electron chi connectivity index (χ4n) is 3.21. The predicted octanol–water partition coefficient (Wildman–Crippen LogP) is 1.87. The van der Waals surface area contributed by atoms with Crippen molar-refractivity contribution in [1.29, 1.82) is 0 Å². The molecular weight excluding hydrogens is 222 g/mol. The molecule has 1 fully saturated rings. The monoisotopic (exact) mass is 245 g/mol. The molecule has 1 N–H and O–H groups in total. The van der Waals surface area contributed by atoms with Gasteiger partial charge in [-0.1, -0.05) is 6.07 Å². The van der Waals surface area contributed by atoms with Crippen molar-refractivity contribution in [2.45, 2.75) is 19.8 Å². The first-order valence-electron chi connectivity index (χ1n) is 7.22. The highest BCUT2D eigenvalue weighted by Crippen LogP contribution is 2.34. The van der Waals surface area contributed by atoms with E-state index in [1.54, 1.807) is 5.56 Å². The van der Waals surface area contributed by atoms with Crippen LogP contribution in [-0.4, -0.2) is 39.3 Å². The maximum absolute atomic E-state index is 3.43. The Morgan fingerprint density at radius 1 is 1.11 bits per heavy atom. The molecule has 0 spiro atoms. The van der Waals surface area contributed by atoms with Crippen LogP contribution >= 0.6 is 0 Å². The van der Waals surface area contributed by atoms with Crippen LogP contribution in [0.2, 0.25) is 0 Å². The van der Waals surface area contributed by atoms with E-state index in [4.69, 9.17) is 0 Å². The van der Waals surface area contributed by atoms with E-state index >= 15 is 0 Å². The maximum atomic E-state index is 3.43. The summed E-state index contributed by atoms with van der Waals surface area (Å²) in [6.45, 7) is 9.10. The lowest BCUT2D eigenvalue weighted by Gasteiger charge is -2.36. The molecule has 0 bridgehead atoms. The molecule has 3 heteroatoms. The second kappa shape index (κ2) is 5.19. The van der Waals surface area contributed by atoms with Crippen LogP contribution in [0.3, 0.4) is 0 Å². The van der Waals surface area contributed by atoms with Crippen molar-refractivity contribution in [3.8, 4) is 0 Å². The number of hydrogen-bond donors (Lipinski definition) is 1. The Kier molecular flexibility index (Phi) is 3.41. The zero-order valence-corrected chi connectivity index (χ0v) is 11.3. The van der Waals surface area contributed by atoms with Crippen LogP contribution in [0.5, 0.6) is 0 Å². The summed E-state index contributed by atoms with van der Waals surface area (Å²) in [5, 5.41) is 3.43. The topological polar surface area (TPSA) is 18.5 Å². The van der Waals surface area contributed by atoms with Crippen LogP contribution in [-0.2, 0) is 6.42 Å². The quantitative estimate of drug-likeness (QED) is 0.858. The van der Waals surface area contributed by atoms with Crippen LogP contribution in [0.1, 0.15) is 18.9 Å². The molecular formula is C15H23N3. The highest BCUT2D eigenvalue weighted by Gasteiger charge is 2.21. The van der Waals surface area contributed by atoms with Crippen LogP contribution in [0.25, 0.3) is 0 Å². The first kappa shape index (κ1) is 11.8. The Balaban J connectivity index is 1.95. The van der Waals surface area contributed by atoms with Gasteiger partial charge in [-0.2, -0.15) is 0 Å². The molecule has 0 atom stereocenters. The largest absolute Gasteiger partial charge is 0.372 e. The number of hydrogen-bond acceptors (Lipinski definition) is 3. The number of piperazine rings is 1. The van der Waals surface area contributed by atoms with Gasteiger partial charge < -0.3 is 15.1 Å². The van der Waals surface area contributed by atoms with E-state index in [9.17, 15) is 0 Å². The molecule has 0 aliphatic carbocycles. The van der Waals surface area contributed by atoms with E-state index < -0.39 is 0 Å². The van der Waals surface area contributed by atoms with Gasteiger partial charge in [0.2, 0.25) is 0 Å². The van der Waals surface area contributed by atoms with Crippen molar-refractivity contribution in [2.24, 2.45) is 0 Å². The third kappa shape index (κ3) is 2.07. The Bertz CT molecular complexity index is 410. The van der Waals surface area contributed by atoms with Gasteiger partial charge in [0.15, 0.2) is 0 Å². The summed E-state index contributed by atoms with van der Waals surface area (Å²) in [6, 6.07) is 6.83. The lowest BCUT2D eigenvalue weighted by atomic mass is 9.98. The number of fused-ring (bicyclic) bond motifs is 1. The molecule has 1 aromatic rings. The van der Waals surface area contributed by atoms with E-state index in [-0.39, 0.29) is 0 Å². The van der Waals surface area contributed by atoms with Crippen molar-refractivity contribution >= 4 is 11.4 Å². The number of benzene rings is 1. The second-order valence-electron chi connectivity index (χ2n) is 5.20. The van der Waals surface area contributed by atoms with Gasteiger partial charge in [0.05, 0.1) is 0 Å². The van der Waals surface area contributed by atoms with Crippen LogP contribution in [0.4, 0.5) is 11.4 Å². The summed E-state index contributed by atoms with van der Waals surface area (Å²) >= 11 is 0. The van der Waals surface area contributed by atoms with E-state index in [1.165, 1.54) is 30.8 Å². The number of rotatable bonds is 2. The zero-order chi connectivity index (χ0) is 12.4. The number of anilines is 2. The Labute approximate surface area is 110 Å². The summed E-state index contributed by atoms with van der Waals surface area (Å²) in [6.07, 6.45) is 2.54. The van der Waals surface area contributed by atoms with Crippen molar-refractivity contribution in [1.82, 2.24) is 5.32 Å². The molecule has 0 saturated carbocycles. The summed E-state index contributed by atoms with van der Waals surface area (Å²) in [5.41, 5.74) is 4.53. The average molecular weight is 245 g/mol. The van der Waals surface area contributed by atoms with Gasteiger partial charge in [0.25, 0.3) is 0 Å². The molecule has 1 saturated heterocycles. The Morgan fingerprint density at radius 3 is 2.67 bits per heavy atom. The van der Waals surface area contributed by atoms with Gasteiger partial charge in [-0.25, -0.2) is 0 Å². The minimum atomic E-state index is 1.11. The van der Waals surface area contributed by atoms with E-state index in [2.05, 4.69) is 40.2 Å². The molecule has 2 aliphatic heterocycles. The molecule has 0 radical (unpaired) electrons. The summed E-state index contributed by atoms with van der Waals surface area (Å²) in [4.78, 5) is 5.07. The molecule has 0 unspecified atom stereocenters. The van der Waals surface area contributed by atoms with E-state index in [0.717, 1.165) is 32.7 Å². The van der Waals surface area contributed by atoms with Crippen LogP contribution < -0.4 is 15.1 Å². The van der Waals surface area contributed by atoms with Crippen molar-refractivity contribution < 1.29 is 0 Å². The summed E-state index contributed by atoms with van der Waals surface area (Å²) < 4.78 is 0. The van der Waals surface area contributed by atoms with Gasteiger partial charge in [-0.3, -0.25) is 0 Å². The van der Waals surface area contributed by atoms with Crippen molar-refractivity contribution in [3.05, 3.63) is 23.8 Å². The van der Waals surface area contributed by atoms with E-state index in [0.29, 0.717) is 0 Å². The fraction of sp³-hybridized carbons (Fsp3) is 0.600. The molecule has 1 aromatic carbocycles. The molecule has 0 aromatic heterocycles. The van der Waals surface area contributed by atoms with Crippen molar-refractivity contribution in [3.63, 3.8) is 0 Å². The third-order valence-corrected chi connectivity index (χ3v) is 4.16. The molecule has 0 amide bonds. The standard InChI is InChI=1S/C15H23N3/c1-2-17-10-4-5-13-14(17)6-3-7-15(13)18-11-8-16-9-12-18/h3,6-7,16H,2,4-5,8-12H2,1H3. The Morgan fingerprint density at radius 2 is 1.89 bits per heavy atom. The third-order valence-electron chi connectivity index (χ3n) is 4.16. The average Bonchev–Trinajstić information content (AvgIpc) is 2.47. The molecule has 2 aliphatic rings. The van der Waals surface area contributed by atoms with Gasteiger partial charge in [0, 0.05) is 50.6 Å². The van der Waals surface area contributed by atoms with Crippen molar-refractivity contribution in [2.75, 3.05) is 49.1 Å².